The zero-order chi connectivity index (χ0) is 15.2. The molecule has 8 heteroatoms. The number of imide groups is 1. The second-order valence-electron chi connectivity index (χ2n) is 5.21. The number of hydrogen-bond acceptors (Lipinski definition) is 6. The summed E-state index contributed by atoms with van der Waals surface area (Å²) in [6.45, 7) is 2.31. The van der Waals surface area contributed by atoms with Crippen LogP contribution in [0.5, 0.6) is 0 Å². The number of likely N-dealkylation sites (tertiary alicyclic amines) is 1. The van der Waals surface area contributed by atoms with Gasteiger partial charge < -0.3 is 10.2 Å². The molecule has 21 heavy (non-hydrogen) atoms. The standard InChI is InChI=1S/C13H19N5O3/c14-6-10-7-15-3-5-17(10)8-11(19)16-12(20)9-18-4-1-2-13(18)21/h10,15H,1-5,7-9H2,(H,16,19,20). The molecule has 2 rings (SSSR count). The average Bonchev–Trinajstić information content (AvgIpc) is 2.84. The lowest BCUT2D eigenvalue weighted by atomic mass is 10.2. The van der Waals surface area contributed by atoms with Gasteiger partial charge in [0.2, 0.25) is 17.7 Å². The van der Waals surface area contributed by atoms with E-state index in [0.29, 0.717) is 32.6 Å². The van der Waals surface area contributed by atoms with Gasteiger partial charge in [-0.1, -0.05) is 0 Å². The number of nitriles is 1. The quantitative estimate of drug-likeness (QED) is 0.624. The van der Waals surface area contributed by atoms with Crippen LogP contribution in [0.3, 0.4) is 0 Å². The molecule has 2 aliphatic rings. The summed E-state index contributed by atoms with van der Waals surface area (Å²) in [5, 5.41) is 14.4. The van der Waals surface area contributed by atoms with Crippen molar-refractivity contribution in [3.05, 3.63) is 0 Å². The van der Waals surface area contributed by atoms with E-state index in [-0.39, 0.29) is 25.0 Å². The molecular weight excluding hydrogens is 274 g/mol. The third-order valence-corrected chi connectivity index (χ3v) is 3.63. The zero-order valence-electron chi connectivity index (χ0n) is 11.8. The topological polar surface area (TPSA) is 106 Å². The number of nitrogens with one attached hydrogen (secondary N) is 2. The Balaban J connectivity index is 1.77. The number of rotatable bonds is 4. The van der Waals surface area contributed by atoms with Crippen LogP contribution in [0, 0.1) is 11.3 Å². The largest absolute Gasteiger partial charge is 0.333 e. The van der Waals surface area contributed by atoms with Crippen molar-refractivity contribution in [2.24, 2.45) is 0 Å². The van der Waals surface area contributed by atoms with Crippen LogP contribution in [0.15, 0.2) is 0 Å². The highest BCUT2D eigenvalue weighted by Crippen LogP contribution is 2.08. The number of amides is 3. The highest BCUT2D eigenvalue weighted by Gasteiger charge is 2.26. The minimum atomic E-state index is -0.473. The van der Waals surface area contributed by atoms with Crippen molar-refractivity contribution in [2.45, 2.75) is 18.9 Å². The van der Waals surface area contributed by atoms with Gasteiger partial charge in [0, 0.05) is 32.6 Å². The SMILES string of the molecule is N#CC1CNCCN1CC(=O)NC(=O)CN1CCCC1=O. The molecular formula is C13H19N5O3. The van der Waals surface area contributed by atoms with Crippen LogP contribution >= 0.6 is 0 Å². The van der Waals surface area contributed by atoms with Gasteiger partial charge in [0.15, 0.2) is 0 Å². The minimum Gasteiger partial charge on any atom is -0.333 e. The highest BCUT2D eigenvalue weighted by molar-refractivity contribution is 5.98. The lowest BCUT2D eigenvalue weighted by Crippen LogP contribution is -2.54. The van der Waals surface area contributed by atoms with Crippen molar-refractivity contribution in [2.75, 3.05) is 39.3 Å². The molecule has 1 unspecified atom stereocenters. The van der Waals surface area contributed by atoms with E-state index < -0.39 is 11.8 Å². The maximum Gasteiger partial charge on any atom is 0.246 e. The first-order valence-electron chi connectivity index (χ1n) is 7.05. The fraction of sp³-hybridized carbons (Fsp3) is 0.692. The van der Waals surface area contributed by atoms with Gasteiger partial charge in [-0.05, 0) is 6.42 Å². The van der Waals surface area contributed by atoms with Gasteiger partial charge in [0.25, 0.3) is 0 Å². The van der Waals surface area contributed by atoms with Gasteiger partial charge >= 0.3 is 0 Å². The molecule has 2 fully saturated rings. The first kappa shape index (κ1) is 15.4. The van der Waals surface area contributed by atoms with Crippen molar-refractivity contribution >= 4 is 17.7 Å². The second kappa shape index (κ2) is 7.15. The predicted octanol–water partition coefficient (Wildman–Crippen LogP) is -1.95. The Kier molecular flexibility index (Phi) is 5.25. The van der Waals surface area contributed by atoms with Crippen molar-refractivity contribution in [1.29, 1.82) is 5.26 Å². The Hall–Kier alpha value is -1.98. The monoisotopic (exact) mass is 293 g/mol. The molecule has 0 aromatic heterocycles. The van der Waals surface area contributed by atoms with Gasteiger partial charge in [-0.2, -0.15) is 5.26 Å². The Morgan fingerprint density at radius 2 is 2.10 bits per heavy atom. The fourth-order valence-corrected chi connectivity index (χ4v) is 2.53. The summed E-state index contributed by atoms with van der Waals surface area (Å²) in [5.74, 6) is -0.961. The highest BCUT2D eigenvalue weighted by atomic mass is 16.2. The Morgan fingerprint density at radius 3 is 2.76 bits per heavy atom. The summed E-state index contributed by atoms with van der Waals surface area (Å²) in [6, 6.07) is 1.76. The van der Waals surface area contributed by atoms with E-state index in [1.54, 1.807) is 4.90 Å². The Morgan fingerprint density at radius 1 is 1.33 bits per heavy atom. The third kappa shape index (κ3) is 4.24. The van der Waals surface area contributed by atoms with E-state index in [4.69, 9.17) is 5.26 Å². The number of hydrogen-bond donors (Lipinski definition) is 2. The maximum absolute atomic E-state index is 11.8. The number of nitrogens with zero attached hydrogens (tertiary/aromatic N) is 3. The first-order valence-corrected chi connectivity index (χ1v) is 7.05. The molecule has 0 saturated carbocycles. The third-order valence-electron chi connectivity index (χ3n) is 3.63. The molecule has 2 heterocycles. The van der Waals surface area contributed by atoms with Crippen LogP contribution in [0.25, 0.3) is 0 Å². The molecule has 114 valence electrons. The lowest BCUT2D eigenvalue weighted by Gasteiger charge is -2.31. The van der Waals surface area contributed by atoms with Crippen molar-refractivity contribution in [1.82, 2.24) is 20.4 Å². The molecule has 0 spiro atoms. The molecule has 0 aromatic rings. The predicted molar refractivity (Wildman–Crippen MR) is 72.8 cm³/mol. The minimum absolute atomic E-state index is 0.0135. The van der Waals surface area contributed by atoms with E-state index in [1.807, 2.05) is 0 Å². The summed E-state index contributed by atoms with van der Waals surface area (Å²) in [5.41, 5.74) is 0. The molecule has 2 aliphatic heterocycles. The van der Waals surface area contributed by atoms with Gasteiger partial charge in [-0.25, -0.2) is 0 Å². The Labute approximate surface area is 123 Å². The maximum atomic E-state index is 11.8. The van der Waals surface area contributed by atoms with E-state index in [1.165, 1.54) is 4.90 Å². The molecule has 8 nitrogen and oxygen atoms in total. The van der Waals surface area contributed by atoms with Crippen LogP contribution in [-0.2, 0) is 14.4 Å². The van der Waals surface area contributed by atoms with Crippen molar-refractivity contribution < 1.29 is 14.4 Å². The van der Waals surface area contributed by atoms with Gasteiger partial charge in [-0.3, -0.25) is 24.6 Å². The molecule has 1 atom stereocenters. The summed E-state index contributed by atoms with van der Waals surface area (Å²) < 4.78 is 0. The molecule has 2 N–H and O–H groups in total. The zero-order valence-corrected chi connectivity index (χ0v) is 11.8. The summed E-state index contributed by atoms with van der Waals surface area (Å²) in [4.78, 5) is 38.1. The van der Waals surface area contributed by atoms with E-state index in [0.717, 1.165) is 6.42 Å². The fourth-order valence-electron chi connectivity index (χ4n) is 2.53. The first-order chi connectivity index (χ1) is 10.1. The van der Waals surface area contributed by atoms with Crippen molar-refractivity contribution in [3.63, 3.8) is 0 Å². The molecule has 2 saturated heterocycles. The van der Waals surface area contributed by atoms with Crippen LogP contribution in [0.1, 0.15) is 12.8 Å². The normalized spacial score (nSPS) is 22.9. The second-order valence-corrected chi connectivity index (χ2v) is 5.21. The molecule has 0 bridgehead atoms. The lowest BCUT2D eigenvalue weighted by molar-refractivity contribution is -0.136. The van der Waals surface area contributed by atoms with E-state index in [2.05, 4.69) is 16.7 Å². The Bertz CT molecular complexity index is 473. The smallest absolute Gasteiger partial charge is 0.246 e. The number of carbonyl (C=O) groups is 3. The van der Waals surface area contributed by atoms with Crippen LogP contribution in [0.2, 0.25) is 0 Å². The van der Waals surface area contributed by atoms with Gasteiger partial charge in [0.1, 0.15) is 6.04 Å². The molecule has 0 aromatic carbocycles. The molecule has 3 amide bonds. The van der Waals surface area contributed by atoms with E-state index in [9.17, 15) is 14.4 Å². The van der Waals surface area contributed by atoms with Crippen LogP contribution < -0.4 is 10.6 Å². The van der Waals surface area contributed by atoms with Crippen LogP contribution in [0.4, 0.5) is 0 Å². The summed E-state index contributed by atoms with van der Waals surface area (Å²) in [7, 11) is 0. The summed E-state index contributed by atoms with van der Waals surface area (Å²) >= 11 is 0. The molecule has 0 radical (unpaired) electrons. The van der Waals surface area contributed by atoms with Gasteiger partial charge in [0.05, 0.1) is 19.2 Å². The number of carbonyl (C=O) groups excluding carboxylic acids is 3. The summed E-state index contributed by atoms with van der Waals surface area (Å²) in [6.07, 6.45) is 1.22. The number of piperazine rings is 1. The average molecular weight is 293 g/mol. The van der Waals surface area contributed by atoms with E-state index >= 15 is 0 Å². The molecule has 0 aliphatic carbocycles. The van der Waals surface area contributed by atoms with Gasteiger partial charge in [-0.15, -0.1) is 0 Å². The van der Waals surface area contributed by atoms with Crippen molar-refractivity contribution in [3.8, 4) is 6.07 Å². The van der Waals surface area contributed by atoms with Crippen LogP contribution in [-0.4, -0.2) is 72.8 Å².